The second-order valence-corrected chi connectivity index (χ2v) is 4.67. The average Bonchev–Trinajstić information content (AvgIpc) is 2.88. The largest absolute Gasteiger partial charge is 0.294 e. The Morgan fingerprint density at radius 1 is 1.53 bits per heavy atom. The van der Waals surface area contributed by atoms with Gasteiger partial charge in [-0.2, -0.15) is 0 Å². The van der Waals surface area contributed by atoms with Gasteiger partial charge in [-0.15, -0.1) is 0 Å². The molecule has 15 heavy (non-hydrogen) atoms. The van der Waals surface area contributed by atoms with Gasteiger partial charge in [0.15, 0.2) is 5.78 Å². The SMILES string of the molecule is Cc1cc(C(=O)C2CC2C)c(Cl)cc1F. The number of ketones is 1. The van der Waals surface area contributed by atoms with Gasteiger partial charge in [-0.25, -0.2) is 4.39 Å². The molecule has 0 spiro atoms. The van der Waals surface area contributed by atoms with Gasteiger partial charge in [-0.05, 0) is 37.0 Å². The second-order valence-electron chi connectivity index (χ2n) is 4.26. The van der Waals surface area contributed by atoms with Gasteiger partial charge in [0.25, 0.3) is 0 Å². The smallest absolute Gasteiger partial charge is 0.167 e. The summed E-state index contributed by atoms with van der Waals surface area (Å²) in [6, 6.07) is 2.77. The Labute approximate surface area is 93.2 Å². The van der Waals surface area contributed by atoms with E-state index in [0.29, 0.717) is 17.0 Å². The van der Waals surface area contributed by atoms with Crippen molar-refractivity contribution in [3.8, 4) is 0 Å². The lowest BCUT2D eigenvalue weighted by Crippen LogP contribution is -2.05. The van der Waals surface area contributed by atoms with Crippen LogP contribution in [0.1, 0.15) is 29.3 Å². The number of hydrogen-bond donors (Lipinski definition) is 0. The van der Waals surface area contributed by atoms with Crippen LogP contribution in [0.4, 0.5) is 4.39 Å². The Bertz CT molecular complexity index is 428. The maximum Gasteiger partial charge on any atom is 0.167 e. The van der Waals surface area contributed by atoms with Crippen LogP contribution in [0.5, 0.6) is 0 Å². The highest BCUT2D eigenvalue weighted by Crippen LogP contribution is 2.41. The molecule has 1 aromatic carbocycles. The molecule has 0 bridgehead atoms. The number of carbonyl (C=O) groups excluding carboxylic acids is 1. The molecule has 2 rings (SSSR count). The molecule has 0 N–H and O–H groups in total. The zero-order valence-corrected chi connectivity index (χ0v) is 9.44. The molecule has 1 saturated carbocycles. The molecule has 1 nitrogen and oxygen atoms in total. The molecule has 0 amide bonds. The minimum atomic E-state index is -0.361. The minimum absolute atomic E-state index is 0.0515. The lowest BCUT2D eigenvalue weighted by molar-refractivity contribution is 0.0962. The third-order valence-corrected chi connectivity index (χ3v) is 3.27. The first-order valence-electron chi connectivity index (χ1n) is 5.00. The van der Waals surface area contributed by atoms with E-state index in [4.69, 9.17) is 11.6 Å². The molecule has 1 aliphatic rings. The molecule has 0 aliphatic heterocycles. The summed E-state index contributed by atoms with van der Waals surface area (Å²) in [5.41, 5.74) is 0.931. The number of aryl methyl sites for hydroxylation is 1. The lowest BCUT2D eigenvalue weighted by Gasteiger charge is -2.05. The van der Waals surface area contributed by atoms with Crippen molar-refractivity contribution in [3.05, 3.63) is 34.1 Å². The lowest BCUT2D eigenvalue weighted by atomic mass is 10.0. The Morgan fingerprint density at radius 3 is 2.67 bits per heavy atom. The van der Waals surface area contributed by atoms with Crippen molar-refractivity contribution in [1.82, 2.24) is 0 Å². The van der Waals surface area contributed by atoms with Crippen molar-refractivity contribution in [2.75, 3.05) is 0 Å². The summed E-state index contributed by atoms with van der Waals surface area (Å²) in [6.07, 6.45) is 0.922. The van der Waals surface area contributed by atoms with Crippen LogP contribution in [0.3, 0.4) is 0 Å². The van der Waals surface area contributed by atoms with E-state index >= 15 is 0 Å². The molecule has 0 saturated heterocycles. The van der Waals surface area contributed by atoms with Crippen LogP contribution in [0.2, 0.25) is 5.02 Å². The van der Waals surface area contributed by atoms with E-state index in [0.717, 1.165) is 6.42 Å². The Balaban J connectivity index is 2.36. The molecule has 2 unspecified atom stereocenters. The molecule has 3 heteroatoms. The predicted octanol–water partition coefficient (Wildman–Crippen LogP) is 3.63. The van der Waals surface area contributed by atoms with Gasteiger partial charge in [0.05, 0.1) is 5.02 Å². The highest BCUT2D eigenvalue weighted by molar-refractivity contribution is 6.34. The summed E-state index contributed by atoms with van der Waals surface area (Å²) in [7, 11) is 0. The molecule has 0 aromatic heterocycles. The maximum atomic E-state index is 13.1. The maximum absolute atomic E-state index is 13.1. The second kappa shape index (κ2) is 3.60. The molecular weight excluding hydrogens is 215 g/mol. The molecule has 0 radical (unpaired) electrons. The quantitative estimate of drug-likeness (QED) is 0.704. The van der Waals surface area contributed by atoms with E-state index < -0.39 is 0 Å². The van der Waals surface area contributed by atoms with Crippen molar-refractivity contribution in [3.63, 3.8) is 0 Å². The highest BCUT2D eigenvalue weighted by atomic mass is 35.5. The van der Waals surface area contributed by atoms with Gasteiger partial charge in [0.2, 0.25) is 0 Å². The van der Waals surface area contributed by atoms with E-state index in [1.807, 2.05) is 6.92 Å². The fraction of sp³-hybridized carbons (Fsp3) is 0.417. The first kappa shape index (κ1) is 10.6. The van der Waals surface area contributed by atoms with Crippen LogP contribution in [0, 0.1) is 24.6 Å². The van der Waals surface area contributed by atoms with E-state index in [2.05, 4.69) is 0 Å². The minimum Gasteiger partial charge on any atom is -0.294 e. The van der Waals surface area contributed by atoms with Gasteiger partial charge >= 0.3 is 0 Å². The Kier molecular flexibility index (Phi) is 2.55. The number of carbonyl (C=O) groups is 1. The van der Waals surface area contributed by atoms with Crippen molar-refractivity contribution in [2.24, 2.45) is 11.8 Å². The summed E-state index contributed by atoms with van der Waals surface area (Å²) < 4.78 is 13.1. The molecular formula is C12H12ClFO. The topological polar surface area (TPSA) is 17.1 Å². The van der Waals surface area contributed by atoms with Gasteiger partial charge in [-0.3, -0.25) is 4.79 Å². The van der Waals surface area contributed by atoms with Crippen molar-refractivity contribution < 1.29 is 9.18 Å². The molecule has 1 aliphatic carbocycles. The summed E-state index contributed by atoms with van der Waals surface area (Å²) in [5, 5.41) is 0.224. The summed E-state index contributed by atoms with van der Waals surface area (Å²) in [6.45, 7) is 3.67. The van der Waals surface area contributed by atoms with Crippen LogP contribution in [-0.2, 0) is 0 Å². The van der Waals surface area contributed by atoms with Crippen molar-refractivity contribution >= 4 is 17.4 Å². The third kappa shape index (κ3) is 1.91. The number of Topliss-reactive ketones (excluding diaryl/α,β-unsaturated/α-hetero) is 1. The normalized spacial score (nSPS) is 24.0. The van der Waals surface area contributed by atoms with Crippen LogP contribution in [-0.4, -0.2) is 5.78 Å². The number of halogens is 2. The number of benzene rings is 1. The van der Waals surface area contributed by atoms with E-state index in [9.17, 15) is 9.18 Å². The van der Waals surface area contributed by atoms with Gasteiger partial charge in [-0.1, -0.05) is 18.5 Å². The fourth-order valence-corrected chi connectivity index (χ4v) is 1.98. The molecule has 1 aromatic rings. The molecule has 1 fully saturated rings. The summed E-state index contributed by atoms with van der Waals surface area (Å²) in [5.74, 6) is 0.224. The van der Waals surface area contributed by atoms with Gasteiger partial charge < -0.3 is 0 Å². The first-order valence-corrected chi connectivity index (χ1v) is 5.38. The van der Waals surface area contributed by atoms with Crippen molar-refractivity contribution in [2.45, 2.75) is 20.3 Å². The predicted molar refractivity (Wildman–Crippen MR) is 57.7 cm³/mol. The standard InChI is InChI=1S/C12H12ClFO/c1-6-3-8(6)12(15)9-4-7(2)11(14)5-10(9)13/h4-6,8H,3H2,1-2H3. The monoisotopic (exact) mass is 226 g/mol. The number of rotatable bonds is 2. The van der Waals surface area contributed by atoms with Crippen LogP contribution >= 0.6 is 11.6 Å². The zero-order valence-electron chi connectivity index (χ0n) is 8.68. The summed E-state index contributed by atoms with van der Waals surface area (Å²) >= 11 is 5.86. The Morgan fingerprint density at radius 2 is 2.13 bits per heavy atom. The zero-order chi connectivity index (χ0) is 11.2. The van der Waals surface area contributed by atoms with E-state index in [-0.39, 0.29) is 22.5 Å². The fourth-order valence-electron chi connectivity index (χ4n) is 1.73. The first-order chi connectivity index (χ1) is 7.00. The van der Waals surface area contributed by atoms with E-state index in [1.165, 1.54) is 6.07 Å². The average molecular weight is 227 g/mol. The molecule has 80 valence electrons. The Hall–Kier alpha value is -0.890. The molecule has 0 heterocycles. The van der Waals surface area contributed by atoms with Crippen LogP contribution < -0.4 is 0 Å². The highest BCUT2D eigenvalue weighted by Gasteiger charge is 2.40. The number of hydrogen-bond acceptors (Lipinski definition) is 1. The van der Waals surface area contributed by atoms with Gasteiger partial charge in [0.1, 0.15) is 5.82 Å². The molecule has 2 atom stereocenters. The van der Waals surface area contributed by atoms with Crippen LogP contribution in [0.25, 0.3) is 0 Å². The van der Waals surface area contributed by atoms with Gasteiger partial charge in [0, 0.05) is 11.5 Å². The van der Waals surface area contributed by atoms with Crippen molar-refractivity contribution in [1.29, 1.82) is 0 Å². The van der Waals surface area contributed by atoms with Crippen LogP contribution in [0.15, 0.2) is 12.1 Å². The van der Waals surface area contributed by atoms with E-state index in [1.54, 1.807) is 13.0 Å². The third-order valence-electron chi connectivity index (χ3n) is 2.96. The summed E-state index contributed by atoms with van der Waals surface area (Å²) in [4.78, 5) is 11.9.